The van der Waals surface area contributed by atoms with Gasteiger partial charge in [-0.15, -0.1) is 12.4 Å². The molecule has 12 N–H and O–H groups in total. The van der Waals surface area contributed by atoms with E-state index in [2.05, 4.69) is 0 Å². The minimum absolute atomic E-state index is 0. The number of rotatable bonds is 0. The van der Waals surface area contributed by atoms with Crippen molar-refractivity contribution < 1.29 is 53.0 Å². The van der Waals surface area contributed by atoms with Crippen molar-refractivity contribution in [1.82, 2.24) is 0 Å². The van der Waals surface area contributed by atoms with Gasteiger partial charge in [-0.2, -0.15) is 0 Å². The number of halogens is 1. The molecule has 0 aromatic carbocycles. The Labute approximate surface area is 94.3 Å². The maximum atomic E-state index is 0. The van der Waals surface area contributed by atoms with E-state index in [-0.39, 0.29) is 94.9 Å². The van der Waals surface area contributed by atoms with Crippen molar-refractivity contribution in [2.24, 2.45) is 0 Å². The molecule has 0 saturated carbocycles. The van der Waals surface area contributed by atoms with E-state index in [4.69, 9.17) is 0 Å². The molecule has 0 amide bonds. The van der Waals surface area contributed by atoms with Gasteiger partial charge in [-0.1, -0.05) is 0 Å². The summed E-state index contributed by atoms with van der Waals surface area (Å²) in [4.78, 5) is 0. The van der Waals surface area contributed by atoms with Crippen LogP contribution in [0.4, 0.5) is 0 Å². The standard InChI is InChI=1S/ClH.Ir.Na.6H2O.H/h1H;;;6*1H2;. The fourth-order valence-electron chi connectivity index (χ4n) is 0. The Kier molecular flexibility index (Phi) is 9840. The Morgan fingerprint density at radius 3 is 0.444 bits per heavy atom. The van der Waals surface area contributed by atoms with Gasteiger partial charge in [-0.3, -0.25) is 0 Å². The molecule has 9 heavy (non-hydrogen) atoms. The molecule has 0 atom stereocenters. The van der Waals surface area contributed by atoms with E-state index in [1.54, 1.807) is 0 Å². The zero-order valence-electron chi connectivity index (χ0n) is 3.74. The molecule has 0 heterocycles. The molecule has 0 rings (SSSR count). The van der Waals surface area contributed by atoms with Gasteiger partial charge in [0, 0.05) is 20.1 Å². The summed E-state index contributed by atoms with van der Waals surface area (Å²) in [6, 6.07) is 0. The van der Waals surface area contributed by atoms with Crippen molar-refractivity contribution in [2.75, 3.05) is 0 Å². The Balaban J connectivity index is 0. The average Bonchev–Trinajstić information content (AvgIpc) is 0. The van der Waals surface area contributed by atoms with E-state index in [0.717, 1.165) is 0 Å². The second-order valence-corrected chi connectivity index (χ2v) is 0. The molecule has 0 fully saturated rings. The molecule has 0 aliphatic carbocycles. The van der Waals surface area contributed by atoms with Gasteiger partial charge in [0.1, 0.15) is 0 Å². The molecule has 0 aliphatic rings. The quantitative estimate of drug-likeness (QED) is 0.373. The molecule has 0 aliphatic heterocycles. The first-order valence-corrected chi connectivity index (χ1v) is 0. The van der Waals surface area contributed by atoms with Crippen LogP contribution in [0.15, 0.2) is 0 Å². The van der Waals surface area contributed by atoms with Crippen LogP contribution in [0.1, 0.15) is 0 Å². The first-order chi connectivity index (χ1) is 0. The third kappa shape index (κ3) is 199. The zero-order chi connectivity index (χ0) is 0. The summed E-state index contributed by atoms with van der Waals surface area (Å²) in [7, 11) is 0. The van der Waals surface area contributed by atoms with Crippen LogP contribution in [-0.4, -0.2) is 62.4 Å². The van der Waals surface area contributed by atoms with Gasteiger partial charge in [-0.05, 0) is 0 Å². The van der Waals surface area contributed by atoms with E-state index in [1.165, 1.54) is 0 Å². The van der Waals surface area contributed by atoms with Crippen LogP contribution in [0.25, 0.3) is 0 Å². The molecular formula is H14ClIrNaO6. The van der Waals surface area contributed by atoms with Gasteiger partial charge in [0.05, 0.1) is 0 Å². The van der Waals surface area contributed by atoms with Gasteiger partial charge >= 0.3 is 29.6 Å². The van der Waals surface area contributed by atoms with E-state index >= 15 is 0 Å². The van der Waals surface area contributed by atoms with Crippen molar-refractivity contribution in [2.45, 2.75) is 0 Å². The van der Waals surface area contributed by atoms with Crippen molar-refractivity contribution in [3.05, 3.63) is 0 Å². The van der Waals surface area contributed by atoms with Crippen LogP contribution < -0.4 is 0 Å². The Morgan fingerprint density at radius 1 is 0.444 bits per heavy atom. The molecule has 1 radical (unpaired) electrons. The summed E-state index contributed by atoms with van der Waals surface area (Å²) >= 11 is 0. The summed E-state index contributed by atoms with van der Waals surface area (Å²) in [5.74, 6) is 0. The summed E-state index contributed by atoms with van der Waals surface area (Å²) in [5, 5.41) is 0. The molecule has 0 saturated heterocycles. The van der Waals surface area contributed by atoms with Crippen LogP contribution in [-0.2, 0) is 20.1 Å². The van der Waals surface area contributed by atoms with E-state index < -0.39 is 0 Å². The van der Waals surface area contributed by atoms with Gasteiger partial charge in [0.25, 0.3) is 0 Å². The topological polar surface area (TPSA) is 189 Å². The van der Waals surface area contributed by atoms with Crippen LogP contribution in [0.3, 0.4) is 0 Å². The third-order valence-electron chi connectivity index (χ3n) is 0. The van der Waals surface area contributed by atoms with E-state index in [0.29, 0.717) is 0 Å². The molecule has 0 spiro atoms. The molecule has 67 valence electrons. The number of hydrogen-bond acceptors (Lipinski definition) is 0. The van der Waals surface area contributed by atoms with Crippen molar-refractivity contribution in [3.63, 3.8) is 0 Å². The summed E-state index contributed by atoms with van der Waals surface area (Å²) < 4.78 is 0. The van der Waals surface area contributed by atoms with Crippen LogP contribution in [0.2, 0.25) is 0 Å². The molecular weight excluding hydrogens is 347 g/mol. The summed E-state index contributed by atoms with van der Waals surface area (Å²) in [5.41, 5.74) is 0. The normalized spacial score (nSPS) is 0. The first kappa shape index (κ1) is 349. The van der Waals surface area contributed by atoms with Crippen molar-refractivity contribution in [3.8, 4) is 0 Å². The van der Waals surface area contributed by atoms with Gasteiger partial charge in [0.15, 0.2) is 0 Å². The maximum absolute atomic E-state index is 0. The van der Waals surface area contributed by atoms with Crippen LogP contribution in [0, 0.1) is 0 Å². The van der Waals surface area contributed by atoms with Crippen LogP contribution >= 0.6 is 12.4 Å². The Hall–Kier alpha value is 1.70. The second kappa shape index (κ2) is 254. The molecule has 6 nitrogen and oxygen atoms in total. The predicted molar refractivity (Wildman–Crippen MR) is 36.1 cm³/mol. The average molecular weight is 361 g/mol. The predicted octanol–water partition coefficient (Wildman–Crippen LogP) is -5.18. The first-order valence-electron chi connectivity index (χ1n) is 0. The van der Waals surface area contributed by atoms with Crippen molar-refractivity contribution >= 4 is 42.0 Å². The SMILES string of the molecule is Cl.O.O.O.O.O.O.[Ir].[NaH]. The van der Waals surface area contributed by atoms with Gasteiger partial charge in [0.2, 0.25) is 0 Å². The molecule has 0 aromatic heterocycles. The fourth-order valence-corrected chi connectivity index (χ4v) is 0. The molecule has 0 bridgehead atoms. The Morgan fingerprint density at radius 2 is 0.444 bits per heavy atom. The monoisotopic (exact) mass is 361 g/mol. The van der Waals surface area contributed by atoms with Gasteiger partial charge < -0.3 is 32.9 Å². The zero-order valence-corrected chi connectivity index (χ0v) is 6.95. The van der Waals surface area contributed by atoms with Crippen LogP contribution in [0.5, 0.6) is 0 Å². The second-order valence-electron chi connectivity index (χ2n) is 0. The summed E-state index contributed by atoms with van der Waals surface area (Å²) in [6.07, 6.45) is 0. The third-order valence-corrected chi connectivity index (χ3v) is 0. The van der Waals surface area contributed by atoms with Gasteiger partial charge in [-0.25, -0.2) is 0 Å². The fraction of sp³-hybridized carbons (Fsp3) is 0. The number of hydrogen-bond donors (Lipinski definition) is 0. The molecule has 0 aromatic rings. The minimum atomic E-state index is 0. The van der Waals surface area contributed by atoms with Crippen molar-refractivity contribution in [1.29, 1.82) is 0 Å². The van der Waals surface area contributed by atoms with E-state index in [9.17, 15) is 0 Å². The molecule has 0 unspecified atom stereocenters. The Bertz CT molecular complexity index is 13.0. The molecule has 9 heteroatoms. The van der Waals surface area contributed by atoms with E-state index in [1.807, 2.05) is 0 Å². The summed E-state index contributed by atoms with van der Waals surface area (Å²) in [6.45, 7) is 0.